The van der Waals surface area contributed by atoms with Crippen LogP contribution in [0.3, 0.4) is 0 Å². The fraction of sp³-hybridized carbons (Fsp3) is 0.538. The molecule has 0 radical (unpaired) electrons. The van der Waals surface area contributed by atoms with E-state index in [2.05, 4.69) is 32.0 Å². The molecule has 0 heterocycles. The van der Waals surface area contributed by atoms with E-state index in [9.17, 15) is 0 Å². The Hall–Kier alpha value is -0.860. The lowest BCUT2D eigenvalue weighted by Gasteiger charge is -2.12. The van der Waals surface area contributed by atoms with Crippen molar-refractivity contribution < 1.29 is 4.74 Å². The molecule has 2 nitrogen and oxygen atoms in total. The lowest BCUT2D eigenvalue weighted by Crippen LogP contribution is -2.24. The first-order valence-electron chi connectivity index (χ1n) is 5.44. The Morgan fingerprint density at radius 2 is 2.00 bits per heavy atom. The molecule has 84 valence electrons. The van der Waals surface area contributed by atoms with Gasteiger partial charge in [0.1, 0.15) is 0 Å². The van der Waals surface area contributed by atoms with Gasteiger partial charge in [0, 0.05) is 19.8 Å². The number of nitrogens with two attached hydrogens (primary N) is 1. The highest BCUT2D eigenvalue weighted by atomic mass is 16.5. The van der Waals surface area contributed by atoms with Gasteiger partial charge in [-0.05, 0) is 43.4 Å². The van der Waals surface area contributed by atoms with E-state index in [-0.39, 0.29) is 6.04 Å². The molecule has 0 amide bonds. The zero-order chi connectivity index (χ0) is 11.3. The number of benzene rings is 1. The highest BCUT2D eigenvalue weighted by molar-refractivity contribution is 5.30. The molecule has 0 fully saturated rings. The molecule has 1 rings (SSSR count). The average Bonchev–Trinajstić information content (AvgIpc) is 2.20. The summed E-state index contributed by atoms with van der Waals surface area (Å²) in [4.78, 5) is 0. The maximum Gasteiger partial charge on any atom is 0.0477 e. The van der Waals surface area contributed by atoms with E-state index in [1.807, 2.05) is 0 Å². The largest absolute Gasteiger partial charge is 0.385 e. The fourth-order valence-electron chi connectivity index (χ4n) is 1.60. The molecule has 0 aliphatic rings. The van der Waals surface area contributed by atoms with E-state index in [4.69, 9.17) is 10.5 Å². The van der Waals surface area contributed by atoms with Gasteiger partial charge in [0.2, 0.25) is 0 Å². The first kappa shape index (κ1) is 12.2. The Bertz CT molecular complexity index is 309. The molecule has 15 heavy (non-hydrogen) atoms. The summed E-state index contributed by atoms with van der Waals surface area (Å²) in [5, 5.41) is 0. The van der Waals surface area contributed by atoms with E-state index in [1.54, 1.807) is 7.11 Å². The van der Waals surface area contributed by atoms with E-state index >= 15 is 0 Å². The molecule has 0 spiro atoms. The Morgan fingerprint density at radius 1 is 1.27 bits per heavy atom. The molecule has 1 aromatic carbocycles. The third kappa shape index (κ3) is 4.02. The molecule has 1 aromatic rings. The second-order valence-electron chi connectivity index (χ2n) is 4.16. The highest BCUT2D eigenvalue weighted by Gasteiger charge is 2.04. The van der Waals surface area contributed by atoms with Crippen LogP contribution in [0.25, 0.3) is 0 Å². The first-order chi connectivity index (χ1) is 7.13. The van der Waals surface area contributed by atoms with Crippen molar-refractivity contribution in [2.45, 2.75) is 32.7 Å². The van der Waals surface area contributed by atoms with Crippen molar-refractivity contribution >= 4 is 0 Å². The molecule has 0 saturated heterocycles. The predicted molar refractivity (Wildman–Crippen MR) is 64.1 cm³/mol. The second kappa shape index (κ2) is 5.89. The predicted octanol–water partition coefficient (Wildman–Crippen LogP) is 2.21. The Kier molecular flexibility index (Phi) is 4.79. The quantitative estimate of drug-likeness (QED) is 0.803. The zero-order valence-electron chi connectivity index (χ0n) is 9.92. The van der Waals surface area contributed by atoms with Crippen LogP contribution in [-0.2, 0) is 11.2 Å². The topological polar surface area (TPSA) is 35.2 Å². The SMILES string of the molecule is COCCC(N)Cc1ccc(C)c(C)c1. The van der Waals surface area contributed by atoms with Gasteiger partial charge in [-0.3, -0.25) is 0 Å². The summed E-state index contributed by atoms with van der Waals surface area (Å²) < 4.78 is 5.01. The van der Waals surface area contributed by atoms with Gasteiger partial charge >= 0.3 is 0 Å². The van der Waals surface area contributed by atoms with Gasteiger partial charge in [0.05, 0.1) is 0 Å². The molecule has 2 N–H and O–H groups in total. The van der Waals surface area contributed by atoms with Gasteiger partial charge in [0.15, 0.2) is 0 Å². The van der Waals surface area contributed by atoms with Gasteiger partial charge in [-0.25, -0.2) is 0 Å². The van der Waals surface area contributed by atoms with Crippen molar-refractivity contribution in [3.8, 4) is 0 Å². The number of ether oxygens (including phenoxy) is 1. The van der Waals surface area contributed by atoms with Crippen molar-refractivity contribution in [3.05, 3.63) is 34.9 Å². The van der Waals surface area contributed by atoms with E-state index in [1.165, 1.54) is 16.7 Å². The third-order valence-corrected chi connectivity index (χ3v) is 2.76. The molecule has 0 aromatic heterocycles. The maximum atomic E-state index is 6.00. The Balaban J connectivity index is 2.53. The molecule has 0 aliphatic heterocycles. The van der Waals surface area contributed by atoms with Crippen LogP contribution in [0.5, 0.6) is 0 Å². The van der Waals surface area contributed by atoms with E-state index in [0.29, 0.717) is 0 Å². The van der Waals surface area contributed by atoms with Gasteiger partial charge in [-0.1, -0.05) is 18.2 Å². The van der Waals surface area contributed by atoms with E-state index < -0.39 is 0 Å². The molecule has 1 atom stereocenters. The summed E-state index contributed by atoms with van der Waals surface area (Å²) in [6.45, 7) is 5.01. The van der Waals surface area contributed by atoms with Crippen molar-refractivity contribution in [2.75, 3.05) is 13.7 Å². The molecule has 0 aliphatic carbocycles. The van der Waals surface area contributed by atoms with Crippen LogP contribution in [0, 0.1) is 13.8 Å². The van der Waals surface area contributed by atoms with Crippen molar-refractivity contribution in [1.82, 2.24) is 0 Å². The Morgan fingerprint density at radius 3 is 2.60 bits per heavy atom. The van der Waals surface area contributed by atoms with Gasteiger partial charge in [-0.2, -0.15) is 0 Å². The van der Waals surface area contributed by atoms with Crippen LogP contribution in [0.15, 0.2) is 18.2 Å². The van der Waals surface area contributed by atoms with Gasteiger partial charge in [0.25, 0.3) is 0 Å². The maximum absolute atomic E-state index is 6.00. The normalized spacial score (nSPS) is 12.8. The van der Waals surface area contributed by atoms with Crippen molar-refractivity contribution in [2.24, 2.45) is 5.73 Å². The Labute approximate surface area is 92.4 Å². The molecular formula is C13H21NO. The molecule has 1 unspecified atom stereocenters. The lowest BCUT2D eigenvalue weighted by molar-refractivity contribution is 0.188. The van der Waals surface area contributed by atoms with Crippen LogP contribution in [0.4, 0.5) is 0 Å². The zero-order valence-corrected chi connectivity index (χ0v) is 9.92. The number of rotatable bonds is 5. The molecule has 2 heteroatoms. The highest BCUT2D eigenvalue weighted by Crippen LogP contribution is 2.11. The summed E-state index contributed by atoms with van der Waals surface area (Å²) in [5.41, 5.74) is 10.00. The van der Waals surface area contributed by atoms with Crippen LogP contribution < -0.4 is 5.73 Å². The van der Waals surface area contributed by atoms with E-state index in [0.717, 1.165) is 19.4 Å². The van der Waals surface area contributed by atoms with Crippen molar-refractivity contribution in [1.29, 1.82) is 0 Å². The lowest BCUT2D eigenvalue weighted by atomic mass is 10.00. The van der Waals surface area contributed by atoms with Crippen LogP contribution >= 0.6 is 0 Å². The first-order valence-corrected chi connectivity index (χ1v) is 5.44. The third-order valence-electron chi connectivity index (χ3n) is 2.76. The summed E-state index contributed by atoms with van der Waals surface area (Å²) in [6.07, 6.45) is 1.86. The average molecular weight is 207 g/mol. The molecule has 0 bridgehead atoms. The molecular weight excluding hydrogens is 186 g/mol. The minimum atomic E-state index is 0.201. The minimum Gasteiger partial charge on any atom is -0.385 e. The minimum absolute atomic E-state index is 0.201. The number of aryl methyl sites for hydroxylation is 2. The molecule has 0 saturated carbocycles. The van der Waals surface area contributed by atoms with Gasteiger partial charge in [-0.15, -0.1) is 0 Å². The summed E-state index contributed by atoms with van der Waals surface area (Å²) in [7, 11) is 1.71. The fourth-order valence-corrected chi connectivity index (χ4v) is 1.60. The smallest absolute Gasteiger partial charge is 0.0477 e. The van der Waals surface area contributed by atoms with Gasteiger partial charge < -0.3 is 10.5 Å². The summed E-state index contributed by atoms with van der Waals surface area (Å²) in [5.74, 6) is 0. The number of methoxy groups -OCH3 is 1. The second-order valence-corrected chi connectivity index (χ2v) is 4.16. The standard InChI is InChI=1S/C13H21NO/c1-10-4-5-12(8-11(10)2)9-13(14)6-7-15-3/h4-5,8,13H,6-7,9,14H2,1-3H3. The summed E-state index contributed by atoms with van der Waals surface area (Å²) in [6, 6.07) is 6.75. The monoisotopic (exact) mass is 207 g/mol. The summed E-state index contributed by atoms with van der Waals surface area (Å²) >= 11 is 0. The van der Waals surface area contributed by atoms with Crippen LogP contribution in [-0.4, -0.2) is 19.8 Å². The van der Waals surface area contributed by atoms with Crippen molar-refractivity contribution in [3.63, 3.8) is 0 Å². The number of hydrogen-bond donors (Lipinski definition) is 1. The van der Waals surface area contributed by atoms with Crippen LogP contribution in [0.1, 0.15) is 23.1 Å². The number of hydrogen-bond acceptors (Lipinski definition) is 2. The van der Waals surface area contributed by atoms with Crippen LogP contribution in [0.2, 0.25) is 0 Å².